The maximum Gasteiger partial charge on any atom is 0.315 e. The zero-order valence-electron chi connectivity index (χ0n) is 8.87. The fraction of sp³-hybridized carbons (Fsp3) is 0.909. The summed E-state index contributed by atoms with van der Waals surface area (Å²) < 4.78 is 5.67. The molecule has 15 heavy (non-hydrogen) atoms. The molecule has 0 aromatic heterocycles. The normalized spacial score (nSPS) is 35.2. The second-order valence-electron chi connectivity index (χ2n) is 4.96. The predicted molar refractivity (Wildman–Crippen MR) is 55.6 cm³/mol. The highest BCUT2D eigenvalue weighted by Crippen LogP contribution is 2.38. The van der Waals surface area contributed by atoms with Crippen LogP contribution in [-0.2, 0) is 4.74 Å². The van der Waals surface area contributed by atoms with Gasteiger partial charge >= 0.3 is 6.03 Å². The zero-order valence-corrected chi connectivity index (χ0v) is 8.87. The van der Waals surface area contributed by atoms with E-state index >= 15 is 0 Å². The summed E-state index contributed by atoms with van der Waals surface area (Å²) in [5, 5.41) is 6.00. The number of urea groups is 1. The van der Waals surface area contributed by atoms with E-state index in [0.717, 1.165) is 25.9 Å². The van der Waals surface area contributed by atoms with Crippen molar-refractivity contribution in [1.82, 2.24) is 10.6 Å². The van der Waals surface area contributed by atoms with E-state index in [9.17, 15) is 4.79 Å². The Morgan fingerprint density at radius 1 is 1.07 bits per heavy atom. The first-order chi connectivity index (χ1) is 7.33. The van der Waals surface area contributed by atoms with E-state index in [0.29, 0.717) is 12.0 Å². The average molecular weight is 210 g/mol. The molecule has 0 radical (unpaired) electrons. The molecule has 2 unspecified atom stereocenters. The van der Waals surface area contributed by atoms with Crippen molar-refractivity contribution in [3.05, 3.63) is 0 Å². The molecule has 1 heterocycles. The van der Waals surface area contributed by atoms with Crippen LogP contribution in [-0.4, -0.2) is 30.8 Å². The van der Waals surface area contributed by atoms with Crippen LogP contribution in [0.15, 0.2) is 0 Å². The average Bonchev–Trinajstić information content (AvgIpc) is 3.10. The van der Waals surface area contributed by atoms with Gasteiger partial charge in [-0.15, -0.1) is 0 Å². The Balaban J connectivity index is 1.49. The lowest BCUT2D eigenvalue weighted by atomic mass is 10.1. The molecule has 2 atom stereocenters. The highest BCUT2D eigenvalue weighted by molar-refractivity contribution is 5.75. The molecule has 2 saturated carbocycles. The van der Waals surface area contributed by atoms with E-state index in [1.54, 1.807) is 0 Å². The number of hydrogen-bond acceptors (Lipinski definition) is 2. The molecule has 4 heteroatoms. The Labute approximate surface area is 89.7 Å². The molecule has 0 spiro atoms. The molecule has 84 valence electrons. The molecule has 0 bridgehead atoms. The molecule has 2 amide bonds. The Morgan fingerprint density at radius 3 is 2.53 bits per heavy atom. The summed E-state index contributed by atoms with van der Waals surface area (Å²) >= 11 is 0. The summed E-state index contributed by atoms with van der Waals surface area (Å²) in [6.07, 6.45) is 6.08. The summed E-state index contributed by atoms with van der Waals surface area (Å²) in [4.78, 5) is 11.6. The lowest BCUT2D eigenvalue weighted by Gasteiger charge is -2.19. The van der Waals surface area contributed by atoms with Crippen LogP contribution in [0.4, 0.5) is 4.79 Å². The summed E-state index contributed by atoms with van der Waals surface area (Å²) in [6.45, 7) is 0.801. The Bertz CT molecular complexity index is 261. The highest BCUT2D eigenvalue weighted by Gasteiger charge is 2.41. The van der Waals surface area contributed by atoms with Crippen molar-refractivity contribution in [1.29, 1.82) is 0 Å². The molecule has 2 aliphatic carbocycles. The van der Waals surface area contributed by atoms with Crippen molar-refractivity contribution in [2.45, 2.75) is 50.3 Å². The van der Waals surface area contributed by atoms with Crippen molar-refractivity contribution < 1.29 is 9.53 Å². The summed E-state index contributed by atoms with van der Waals surface area (Å²) in [6, 6.07) is 0.682. The van der Waals surface area contributed by atoms with Crippen molar-refractivity contribution >= 4 is 6.03 Å². The van der Waals surface area contributed by atoms with Gasteiger partial charge in [-0.25, -0.2) is 4.79 Å². The third kappa shape index (κ3) is 2.25. The first-order valence-corrected chi connectivity index (χ1v) is 6.01. The molecule has 3 aliphatic rings. The molecular weight excluding hydrogens is 192 g/mol. The lowest BCUT2D eigenvalue weighted by molar-refractivity contribution is 0.0825. The van der Waals surface area contributed by atoms with Crippen molar-refractivity contribution in [3.8, 4) is 0 Å². The summed E-state index contributed by atoms with van der Waals surface area (Å²) in [5.74, 6) is 0.707. The minimum atomic E-state index is -0.00125. The lowest BCUT2D eigenvalue weighted by Crippen LogP contribution is -2.46. The molecule has 3 rings (SSSR count). The van der Waals surface area contributed by atoms with Gasteiger partial charge in [0.15, 0.2) is 0 Å². The molecule has 2 N–H and O–H groups in total. The van der Waals surface area contributed by atoms with Gasteiger partial charge in [0.05, 0.1) is 12.1 Å². The Hall–Kier alpha value is -0.770. The van der Waals surface area contributed by atoms with E-state index in [4.69, 9.17) is 4.74 Å². The van der Waals surface area contributed by atoms with Gasteiger partial charge in [0.1, 0.15) is 0 Å². The van der Waals surface area contributed by atoms with E-state index < -0.39 is 0 Å². The SMILES string of the molecule is O=C(NC1CC1)NC1CCOC1C1CC1. The number of amides is 2. The predicted octanol–water partition coefficient (Wildman–Crippen LogP) is 1.02. The molecule has 1 aliphatic heterocycles. The largest absolute Gasteiger partial charge is 0.376 e. The second-order valence-corrected chi connectivity index (χ2v) is 4.96. The fourth-order valence-corrected chi connectivity index (χ4v) is 2.28. The number of rotatable bonds is 3. The fourth-order valence-electron chi connectivity index (χ4n) is 2.28. The number of carbonyl (C=O) groups excluding carboxylic acids is 1. The van der Waals surface area contributed by atoms with Gasteiger partial charge in [0.2, 0.25) is 0 Å². The van der Waals surface area contributed by atoms with E-state index in [1.807, 2.05) is 0 Å². The van der Waals surface area contributed by atoms with Crippen LogP contribution in [0, 0.1) is 5.92 Å². The molecular formula is C11H18N2O2. The van der Waals surface area contributed by atoms with Gasteiger partial charge in [-0.05, 0) is 38.0 Å². The molecule has 4 nitrogen and oxygen atoms in total. The maximum atomic E-state index is 11.6. The first-order valence-electron chi connectivity index (χ1n) is 6.01. The third-order valence-corrected chi connectivity index (χ3v) is 3.45. The molecule has 0 aromatic rings. The van der Waals surface area contributed by atoms with Crippen LogP contribution in [0.3, 0.4) is 0 Å². The highest BCUT2D eigenvalue weighted by atomic mass is 16.5. The number of ether oxygens (including phenoxy) is 1. The molecule has 1 saturated heterocycles. The zero-order chi connectivity index (χ0) is 10.3. The van der Waals surface area contributed by atoms with Crippen LogP contribution in [0.1, 0.15) is 32.1 Å². The molecule has 3 fully saturated rings. The number of nitrogens with one attached hydrogen (secondary N) is 2. The van der Waals surface area contributed by atoms with E-state index in [-0.39, 0.29) is 18.2 Å². The van der Waals surface area contributed by atoms with Crippen LogP contribution in [0.25, 0.3) is 0 Å². The number of carbonyl (C=O) groups is 1. The number of hydrogen-bond donors (Lipinski definition) is 2. The van der Waals surface area contributed by atoms with Crippen molar-refractivity contribution in [3.63, 3.8) is 0 Å². The van der Waals surface area contributed by atoms with Gasteiger partial charge in [0.25, 0.3) is 0 Å². The van der Waals surface area contributed by atoms with Gasteiger partial charge < -0.3 is 15.4 Å². The third-order valence-electron chi connectivity index (χ3n) is 3.45. The van der Waals surface area contributed by atoms with Crippen molar-refractivity contribution in [2.75, 3.05) is 6.61 Å². The van der Waals surface area contributed by atoms with Crippen molar-refractivity contribution in [2.24, 2.45) is 5.92 Å². The Kier molecular flexibility index (Phi) is 2.31. The minimum absolute atomic E-state index is 0.00125. The Morgan fingerprint density at radius 2 is 1.87 bits per heavy atom. The van der Waals surface area contributed by atoms with Crippen LogP contribution in [0.5, 0.6) is 0 Å². The quantitative estimate of drug-likeness (QED) is 0.730. The summed E-state index contributed by atoms with van der Waals surface area (Å²) in [7, 11) is 0. The van der Waals surface area contributed by atoms with Crippen LogP contribution >= 0.6 is 0 Å². The van der Waals surface area contributed by atoms with Crippen LogP contribution < -0.4 is 10.6 Å². The second kappa shape index (κ2) is 3.67. The molecule has 0 aromatic carbocycles. The van der Waals surface area contributed by atoms with E-state index in [1.165, 1.54) is 12.8 Å². The minimum Gasteiger partial charge on any atom is -0.376 e. The summed E-state index contributed by atoms with van der Waals surface area (Å²) in [5.41, 5.74) is 0. The van der Waals surface area contributed by atoms with Gasteiger partial charge in [-0.3, -0.25) is 0 Å². The van der Waals surface area contributed by atoms with E-state index in [2.05, 4.69) is 10.6 Å². The smallest absolute Gasteiger partial charge is 0.315 e. The van der Waals surface area contributed by atoms with Gasteiger partial charge in [-0.2, -0.15) is 0 Å². The van der Waals surface area contributed by atoms with Crippen LogP contribution in [0.2, 0.25) is 0 Å². The maximum absolute atomic E-state index is 11.6. The monoisotopic (exact) mass is 210 g/mol. The topological polar surface area (TPSA) is 50.4 Å². The van der Waals surface area contributed by atoms with Gasteiger partial charge in [0, 0.05) is 12.6 Å². The standard InChI is InChI=1S/C11H18N2O2/c14-11(12-8-3-4-8)13-9-5-6-15-10(9)7-1-2-7/h7-10H,1-6H2,(H2,12,13,14). The van der Waals surface area contributed by atoms with Gasteiger partial charge in [-0.1, -0.05) is 0 Å². The first kappa shape index (κ1) is 9.46.